The zero-order chi connectivity index (χ0) is 40.8. The van der Waals surface area contributed by atoms with Gasteiger partial charge in [0, 0.05) is 36.3 Å². The van der Waals surface area contributed by atoms with Crippen molar-refractivity contribution in [2.75, 3.05) is 7.11 Å². The topological polar surface area (TPSA) is 137 Å². The number of methoxy groups -OCH3 is 1. The van der Waals surface area contributed by atoms with Crippen molar-refractivity contribution in [3.63, 3.8) is 0 Å². The van der Waals surface area contributed by atoms with Gasteiger partial charge in [-0.15, -0.1) is 0 Å². The summed E-state index contributed by atoms with van der Waals surface area (Å²) in [4.78, 5) is 49.9. The van der Waals surface area contributed by atoms with Gasteiger partial charge < -0.3 is 31.0 Å². The molecule has 2 unspecified atom stereocenters. The van der Waals surface area contributed by atoms with Gasteiger partial charge >= 0.3 is 6.18 Å². The minimum Gasteiger partial charge on any atom is -0.481 e. The lowest BCUT2D eigenvalue weighted by Crippen LogP contribution is -2.67. The van der Waals surface area contributed by atoms with Crippen molar-refractivity contribution in [3.8, 4) is 5.88 Å². The standard InChI is InChI=1S/C41H48F4N6O4S/c1-6-23(3)34(49-32(52)20-26-11-8-9-14-30(26)42)37(53)51-40(17-15-31-28(21-40)27-12-10-13-29(36(27)48-31)41(43,44)45)39(54)50-35(24(4)7-2)38(56)47-22-25-16-18-46-33(19-25)55-5/h8-14,16,18-19,23-24,34-35,48H,6-7,15,17,20-22H2,1-5H3,(H,47,56)(H,49,52)(H,50,54)(H,51,53)/t23?,24?,34-,35-,40+/m0/s1. The molecule has 4 aromatic rings. The molecule has 2 aromatic carbocycles. The molecule has 15 heteroatoms. The summed E-state index contributed by atoms with van der Waals surface area (Å²) in [6, 6.07) is 11.5. The van der Waals surface area contributed by atoms with Gasteiger partial charge in [-0.3, -0.25) is 14.4 Å². The fraction of sp³-hybridized carbons (Fsp3) is 0.439. The molecule has 0 fully saturated rings. The van der Waals surface area contributed by atoms with E-state index in [9.17, 15) is 31.9 Å². The normalized spacial score (nSPS) is 17.5. The van der Waals surface area contributed by atoms with Gasteiger partial charge in [0.2, 0.25) is 23.6 Å². The third-order valence-electron chi connectivity index (χ3n) is 10.8. The molecule has 3 amide bonds. The first-order valence-electron chi connectivity index (χ1n) is 18.7. The number of nitrogens with one attached hydrogen (secondary N) is 5. The Morgan fingerprint density at radius 1 is 1.00 bits per heavy atom. The van der Waals surface area contributed by atoms with E-state index in [2.05, 4.69) is 31.2 Å². The number of hydrogen-bond donors (Lipinski definition) is 5. The third-order valence-corrected chi connectivity index (χ3v) is 11.2. The molecule has 5 rings (SSSR count). The molecule has 56 heavy (non-hydrogen) atoms. The number of alkyl halides is 3. The Morgan fingerprint density at radius 2 is 1.71 bits per heavy atom. The first-order chi connectivity index (χ1) is 26.6. The SMILES string of the molecule is CCC(C)[C@H](NC(=O)Cc1ccccc1F)C(=O)N[C@]1(C(=O)N[C@H](C(=S)NCc2ccnc(OC)c2)C(C)CC)CCc2[nH]c3c(C(F)(F)F)cccc3c2C1. The maximum absolute atomic E-state index is 14.8. The number of aromatic nitrogens is 2. The fourth-order valence-electron chi connectivity index (χ4n) is 7.07. The Morgan fingerprint density at radius 3 is 2.39 bits per heavy atom. The molecule has 2 aromatic heterocycles. The highest BCUT2D eigenvalue weighted by molar-refractivity contribution is 7.80. The van der Waals surface area contributed by atoms with Gasteiger partial charge in [-0.2, -0.15) is 13.2 Å². The predicted molar refractivity (Wildman–Crippen MR) is 209 cm³/mol. The Hall–Kier alpha value is -5.05. The number of thiocarbonyl (C=S) groups is 1. The number of rotatable bonds is 15. The summed E-state index contributed by atoms with van der Waals surface area (Å²) in [5.41, 5.74) is -0.583. The summed E-state index contributed by atoms with van der Waals surface area (Å²) in [7, 11) is 1.51. The van der Waals surface area contributed by atoms with Crippen LogP contribution in [0, 0.1) is 17.7 Å². The van der Waals surface area contributed by atoms with Crippen LogP contribution >= 0.6 is 12.2 Å². The summed E-state index contributed by atoms with van der Waals surface area (Å²) in [5, 5.41) is 12.4. The molecule has 0 bridgehead atoms. The van der Waals surface area contributed by atoms with Gasteiger partial charge in [0.25, 0.3) is 0 Å². The Kier molecular flexibility index (Phi) is 13.4. The summed E-state index contributed by atoms with van der Waals surface area (Å²) >= 11 is 5.84. The molecule has 0 saturated heterocycles. The molecule has 5 N–H and O–H groups in total. The lowest BCUT2D eigenvalue weighted by Gasteiger charge is -2.40. The molecule has 1 aliphatic carbocycles. The molecule has 5 atom stereocenters. The average Bonchev–Trinajstić information content (AvgIpc) is 3.55. The summed E-state index contributed by atoms with van der Waals surface area (Å²) in [6.07, 6.45) is -2.19. The Bertz CT molecular complexity index is 2070. The number of aryl methyl sites for hydroxylation is 1. The molecule has 0 spiro atoms. The van der Waals surface area contributed by atoms with E-state index in [1.165, 1.54) is 31.4 Å². The van der Waals surface area contributed by atoms with Gasteiger partial charge in [0.15, 0.2) is 0 Å². The molecule has 0 aliphatic heterocycles. The number of hydrogen-bond acceptors (Lipinski definition) is 6. The van der Waals surface area contributed by atoms with Crippen LogP contribution in [0.3, 0.4) is 0 Å². The van der Waals surface area contributed by atoms with Gasteiger partial charge in [0.05, 0.1) is 35.6 Å². The number of halogens is 4. The van der Waals surface area contributed by atoms with Crippen LogP contribution in [0.25, 0.3) is 10.9 Å². The highest BCUT2D eigenvalue weighted by Gasteiger charge is 2.47. The zero-order valence-electron chi connectivity index (χ0n) is 32.0. The number of carbonyl (C=O) groups excluding carboxylic acids is 3. The van der Waals surface area contributed by atoms with Crippen LogP contribution in [-0.4, -0.2) is 57.4 Å². The first-order valence-corrected chi connectivity index (χ1v) is 19.1. The van der Waals surface area contributed by atoms with Crippen LogP contribution in [0.5, 0.6) is 5.88 Å². The molecule has 0 saturated carbocycles. The number of nitrogens with zero attached hydrogens (tertiary/aromatic N) is 1. The number of carbonyl (C=O) groups is 3. The van der Waals surface area contributed by atoms with Crippen molar-refractivity contribution in [1.82, 2.24) is 31.2 Å². The van der Waals surface area contributed by atoms with Crippen molar-refractivity contribution in [2.45, 2.75) is 96.6 Å². The van der Waals surface area contributed by atoms with Crippen molar-refractivity contribution in [3.05, 3.63) is 94.6 Å². The quantitative estimate of drug-likeness (QED) is 0.0685. The van der Waals surface area contributed by atoms with E-state index in [1.807, 2.05) is 20.8 Å². The van der Waals surface area contributed by atoms with Crippen LogP contribution in [0.4, 0.5) is 17.6 Å². The average molecular weight is 797 g/mol. The van der Waals surface area contributed by atoms with Crippen LogP contribution in [-0.2, 0) is 46.4 Å². The number of aromatic amines is 1. The van der Waals surface area contributed by atoms with Crippen molar-refractivity contribution >= 4 is 45.8 Å². The lowest BCUT2D eigenvalue weighted by atomic mass is 9.78. The number of amides is 3. The maximum atomic E-state index is 14.8. The molecule has 0 radical (unpaired) electrons. The minimum atomic E-state index is -4.63. The summed E-state index contributed by atoms with van der Waals surface area (Å²) in [6.45, 7) is 7.82. The monoisotopic (exact) mass is 796 g/mol. The number of fused-ring (bicyclic) bond motifs is 3. The smallest absolute Gasteiger partial charge is 0.418 e. The van der Waals surface area contributed by atoms with E-state index in [4.69, 9.17) is 17.0 Å². The molecule has 10 nitrogen and oxygen atoms in total. The number of ether oxygens (including phenoxy) is 1. The van der Waals surface area contributed by atoms with Crippen molar-refractivity contribution in [1.29, 1.82) is 0 Å². The van der Waals surface area contributed by atoms with E-state index in [0.717, 1.165) is 11.6 Å². The third kappa shape index (κ3) is 9.48. The van der Waals surface area contributed by atoms with Crippen LogP contribution in [0.15, 0.2) is 60.8 Å². The first kappa shape index (κ1) is 42.1. The van der Waals surface area contributed by atoms with Crippen LogP contribution in [0.2, 0.25) is 0 Å². The predicted octanol–water partition coefficient (Wildman–Crippen LogP) is 6.49. The molecule has 1 aliphatic rings. The van der Waals surface area contributed by atoms with Crippen LogP contribution < -0.4 is 26.0 Å². The van der Waals surface area contributed by atoms with Crippen molar-refractivity contribution in [2.24, 2.45) is 11.8 Å². The highest BCUT2D eigenvalue weighted by Crippen LogP contribution is 2.40. The number of H-pyrrole nitrogens is 1. The van der Waals surface area contributed by atoms with Crippen molar-refractivity contribution < 1.29 is 36.7 Å². The number of para-hydroxylation sites is 1. The van der Waals surface area contributed by atoms with E-state index in [1.54, 1.807) is 37.4 Å². The summed E-state index contributed by atoms with van der Waals surface area (Å²) in [5.74, 6) is -2.51. The molecule has 300 valence electrons. The van der Waals surface area contributed by atoms with Gasteiger partial charge in [0.1, 0.15) is 17.4 Å². The van der Waals surface area contributed by atoms with Gasteiger partial charge in [-0.25, -0.2) is 9.37 Å². The zero-order valence-corrected chi connectivity index (χ0v) is 32.8. The number of pyridine rings is 1. The number of benzene rings is 2. The molecular formula is C41H48F4N6O4S. The molecular weight excluding hydrogens is 749 g/mol. The fourth-order valence-corrected chi connectivity index (χ4v) is 7.44. The van der Waals surface area contributed by atoms with E-state index >= 15 is 0 Å². The van der Waals surface area contributed by atoms with Gasteiger partial charge in [-0.05, 0) is 59.6 Å². The Labute approximate surface area is 328 Å². The maximum Gasteiger partial charge on any atom is 0.418 e. The van der Waals surface area contributed by atoms with E-state index in [0.29, 0.717) is 46.9 Å². The summed E-state index contributed by atoms with van der Waals surface area (Å²) < 4.78 is 62.0. The van der Waals surface area contributed by atoms with Crippen LogP contribution in [0.1, 0.15) is 74.9 Å². The van der Waals surface area contributed by atoms with E-state index < -0.39 is 58.8 Å². The minimum absolute atomic E-state index is 0.0341. The lowest BCUT2D eigenvalue weighted by molar-refractivity contribution is -0.137. The second-order valence-electron chi connectivity index (χ2n) is 14.5. The highest BCUT2D eigenvalue weighted by atomic mass is 32.1. The largest absolute Gasteiger partial charge is 0.481 e. The second-order valence-corrected chi connectivity index (χ2v) is 15.0. The Balaban J connectivity index is 1.49. The second kappa shape index (κ2) is 17.8. The molecule has 2 heterocycles. The van der Waals surface area contributed by atoms with E-state index in [-0.39, 0.29) is 42.7 Å². The van der Waals surface area contributed by atoms with Gasteiger partial charge in [-0.1, -0.05) is 83.1 Å².